The Morgan fingerprint density at radius 1 is 1.12 bits per heavy atom. The van der Waals surface area contributed by atoms with E-state index in [1.54, 1.807) is 35.2 Å². The van der Waals surface area contributed by atoms with Crippen molar-refractivity contribution in [2.24, 2.45) is 7.05 Å². The van der Waals surface area contributed by atoms with Crippen molar-refractivity contribution in [3.63, 3.8) is 0 Å². The van der Waals surface area contributed by atoms with Crippen molar-refractivity contribution in [1.29, 1.82) is 0 Å². The number of hydrogen-bond acceptors (Lipinski definition) is 5. The molecule has 3 aromatic rings. The van der Waals surface area contributed by atoms with E-state index < -0.39 is 10.0 Å². The van der Waals surface area contributed by atoms with Gasteiger partial charge in [0, 0.05) is 11.9 Å². The summed E-state index contributed by atoms with van der Waals surface area (Å²) in [6.45, 7) is 2.03. The van der Waals surface area contributed by atoms with Gasteiger partial charge in [0.1, 0.15) is 6.33 Å². The van der Waals surface area contributed by atoms with Gasteiger partial charge in [-0.15, -0.1) is 10.2 Å². The van der Waals surface area contributed by atoms with Gasteiger partial charge in [0.05, 0.1) is 10.6 Å². The first-order valence-corrected chi connectivity index (χ1v) is 10.0. The number of benzene rings is 2. The van der Waals surface area contributed by atoms with Gasteiger partial charge >= 0.3 is 0 Å². The van der Waals surface area contributed by atoms with Gasteiger partial charge in [-0.2, -0.15) is 0 Å². The molecule has 3 rings (SSSR count). The van der Waals surface area contributed by atoms with E-state index in [0.29, 0.717) is 10.8 Å². The van der Waals surface area contributed by atoms with Crippen LogP contribution in [0, 0.1) is 0 Å². The maximum atomic E-state index is 12.7. The molecule has 2 aromatic carbocycles. The van der Waals surface area contributed by atoms with Crippen LogP contribution in [0.2, 0.25) is 0 Å². The van der Waals surface area contributed by atoms with Crippen LogP contribution >= 0.6 is 11.8 Å². The lowest BCUT2D eigenvalue weighted by Gasteiger charge is -2.12. The Kier molecular flexibility index (Phi) is 5.10. The van der Waals surface area contributed by atoms with E-state index >= 15 is 0 Å². The molecule has 0 aliphatic carbocycles. The second kappa shape index (κ2) is 7.28. The number of anilines is 1. The topological polar surface area (TPSA) is 76.9 Å². The van der Waals surface area contributed by atoms with Gasteiger partial charge in [0.15, 0.2) is 5.16 Å². The average molecular weight is 374 g/mol. The summed E-state index contributed by atoms with van der Waals surface area (Å²) in [4.78, 5) is 0.996. The second-order valence-electron chi connectivity index (χ2n) is 5.43. The van der Waals surface area contributed by atoms with Crippen LogP contribution in [-0.2, 0) is 23.5 Å². The minimum Gasteiger partial charge on any atom is -0.311 e. The number of aryl methyl sites for hydroxylation is 2. The molecule has 0 atom stereocenters. The maximum absolute atomic E-state index is 12.7. The zero-order valence-corrected chi connectivity index (χ0v) is 15.5. The average Bonchev–Trinajstić information content (AvgIpc) is 3.01. The number of rotatable bonds is 6. The van der Waals surface area contributed by atoms with Crippen LogP contribution in [0.15, 0.2) is 69.8 Å². The summed E-state index contributed by atoms with van der Waals surface area (Å²) in [7, 11) is -1.82. The second-order valence-corrected chi connectivity index (χ2v) is 8.12. The van der Waals surface area contributed by atoms with Gasteiger partial charge in [-0.3, -0.25) is 4.72 Å². The molecule has 0 saturated carbocycles. The Hall–Kier alpha value is -2.32. The summed E-state index contributed by atoms with van der Waals surface area (Å²) in [6.07, 6.45) is 2.47. The predicted molar refractivity (Wildman–Crippen MR) is 98.2 cm³/mol. The molecule has 0 fully saturated rings. The van der Waals surface area contributed by atoms with Crippen molar-refractivity contribution in [2.75, 3.05) is 4.72 Å². The number of nitrogens with one attached hydrogen (secondary N) is 1. The van der Waals surface area contributed by atoms with Crippen LogP contribution in [0.25, 0.3) is 0 Å². The lowest BCUT2D eigenvalue weighted by atomic mass is 10.2. The smallest absolute Gasteiger partial charge is 0.261 e. The normalized spacial score (nSPS) is 11.4. The fourth-order valence-electron chi connectivity index (χ4n) is 2.21. The fourth-order valence-corrected chi connectivity index (χ4v) is 4.21. The monoisotopic (exact) mass is 374 g/mol. The highest BCUT2D eigenvalue weighted by atomic mass is 32.2. The molecule has 6 nitrogen and oxygen atoms in total. The third-order valence-electron chi connectivity index (χ3n) is 3.64. The van der Waals surface area contributed by atoms with Gasteiger partial charge < -0.3 is 4.57 Å². The van der Waals surface area contributed by atoms with Crippen molar-refractivity contribution in [2.45, 2.75) is 28.3 Å². The molecule has 130 valence electrons. The molecule has 0 aliphatic heterocycles. The molecule has 25 heavy (non-hydrogen) atoms. The van der Waals surface area contributed by atoms with Crippen LogP contribution in [0.4, 0.5) is 5.69 Å². The lowest BCUT2D eigenvalue weighted by Crippen LogP contribution is -2.13. The van der Waals surface area contributed by atoms with E-state index in [1.807, 2.05) is 38.2 Å². The molecule has 0 bridgehead atoms. The Morgan fingerprint density at radius 2 is 1.84 bits per heavy atom. The third-order valence-corrected chi connectivity index (χ3v) is 6.15. The summed E-state index contributed by atoms with van der Waals surface area (Å²) >= 11 is 1.35. The summed E-state index contributed by atoms with van der Waals surface area (Å²) in [5, 5.41) is 8.54. The highest BCUT2D eigenvalue weighted by Crippen LogP contribution is 2.33. The van der Waals surface area contributed by atoms with Gasteiger partial charge in [0.2, 0.25) is 0 Å². The number of aromatic nitrogens is 3. The third kappa shape index (κ3) is 4.02. The predicted octanol–water partition coefficient (Wildman–Crippen LogP) is 3.33. The van der Waals surface area contributed by atoms with Crippen LogP contribution in [-0.4, -0.2) is 23.2 Å². The van der Waals surface area contributed by atoms with Crippen LogP contribution in [0.5, 0.6) is 0 Å². The summed E-state index contributed by atoms with van der Waals surface area (Å²) < 4.78 is 29.8. The molecule has 8 heteroatoms. The molecule has 1 heterocycles. The van der Waals surface area contributed by atoms with E-state index in [4.69, 9.17) is 0 Å². The van der Waals surface area contributed by atoms with E-state index in [1.165, 1.54) is 11.8 Å². The highest BCUT2D eigenvalue weighted by molar-refractivity contribution is 7.99. The molecule has 0 spiro atoms. The van der Waals surface area contributed by atoms with Crippen LogP contribution in [0.3, 0.4) is 0 Å². The van der Waals surface area contributed by atoms with E-state index in [0.717, 1.165) is 16.9 Å². The molecular formula is C17H18N4O2S2. The molecule has 1 aromatic heterocycles. The minimum absolute atomic E-state index is 0.239. The first-order valence-electron chi connectivity index (χ1n) is 7.72. The molecule has 0 saturated heterocycles. The van der Waals surface area contributed by atoms with E-state index in [-0.39, 0.29) is 4.90 Å². The van der Waals surface area contributed by atoms with Gasteiger partial charge in [-0.1, -0.05) is 31.2 Å². The minimum atomic E-state index is -3.66. The van der Waals surface area contributed by atoms with Crippen molar-refractivity contribution in [1.82, 2.24) is 14.8 Å². The van der Waals surface area contributed by atoms with Gasteiger partial charge in [-0.05, 0) is 48.0 Å². The standard InChI is InChI=1S/C17H18N4O2S2/c1-3-13-8-10-14(11-9-13)25(22,23)20-15-6-4-5-7-16(15)24-17-19-18-12-21(17)2/h4-12,20H,3H2,1-2H3. The van der Waals surface area contributed by atoms with Crippen molar-refractivity contribution in [3.8, 4) is 0 Å². The zero-order valence-electron chi connectivity index (χ0n) is 13.9. The molecule has 1 N–H and O–H groups in total. The molecule has 0 unspecified atom stereocenters. The molecule has 0 aliphatic rings. The van der Waals surface area contributed by atoms with Crippen LogP contribution in [0.1, 0.15) is 12.5 Å². The number of para-hydroxylation sites is 1. The van der Waals surface area contributed by atoms with Crippen LogP contribution < -0.4 is 4.72 Å². The summed E-state index contributed by atoms with van der Waals surface area (Å²) in [5.41, 5.74) is 1.60. The van der Waals surface area contributed by atoms with Gasteiger partial charge in [0.25, 0.3) is 10.0 Å². The highest BCUT2D eigenvalue weighted by Gasteiger charge is 2.17. The number of nitrogens with zero attached hydrogens (tertiary/aromatic N) is 3. The molecule has 0 radical (unpaired) electrons. The lowest BCUT2D eigenvalue weighted by molar-refractivity contribution is 0.601. The first-order chi connectivity index (χ1) is 12.0. The van der Waals surface area contributed by atoms with E-state index in [2.05, 4.69) is 14.9 Å². The Morgan fingerprint density at radius 3 is 2.48 bits per heavy atom. The van der Waals surface area contributed by atoms with Crippen molar-refractivity contribution < 1.29 is 8.42 Å². The summed E-state index contributed by atoms with van der Waals surface area (Å²) in [6, 6.07) is 14.1. The Labute approximate surface area is 151 Å². The SMILES string of the molecule is CCc1ccc(S(=O)(=O)Nc2ccccc2Sc2nncn2C)cc1. The Balaban J connectivity index is 1.88. The largest absolute Gasteiger partial charge is 0.311 e. The first kappa shape index (κ1) is 17.5. The van der Waals surface area contributed by atoms with Crippen molar-refractivity contribution in [3.05, 3.63) is 60.4 Å². The van der Waals surface area contributed by atoms with Gasteiger partial charge in [-0.25, -0.2) is 8.42 Å². The van der Waals surface area contributed by atoms with E-state index in [9.17, 15) is 8.42 Å². The zero-order chi connectivity index (χ0) is 17.9. The quantitative estimate of drug-likeness (QED) is 0.716. The number of sulfonamides is 1. The maximum Gasteiger partial charge on any atom is 0.261 e. The Bertz CT molecular complexity index is 966. The summed E-state index contributed by atoms with van der Waals surface area (Å²) in [5.74, 6) is 0. The number of hydrogen-bond donors (Lipinski definition) is 1. The fraction of sp³-hybridized carbons (Fsp3) is 0.176. The molecular weight excluding hydrogens is 356 g/mol. The van der Waals surface area contributed by atoms with Crippen molar-refractivity contribution >= 4 is 27.5 Å². The molecule has 0 amide bonds.